The normalized spacial score (nSPS) is 10.7. The number of rotatable bonds is 8. The zero-order valence-corrected chi connectivity index (χ0v) is 19.6. The Balaban J connectivity index is 0.00000341. The second-order valence-corrected chi connectivity index (χ2v) is 8.28. The summed E-state index contributed by atoms with van der Waals surface area (Å²) in [7, 11) is 5.44. The zero-order valence-electron chi connectivity index (χ0n) is 17.2. The number of amides is 1. The van der Waals surface area contributed by atoms with Crippen LogP contribution >= 0.6 is 35.3 Å². The lowest BCUT2D eigenvalue weighted by atomic mass is 10.1. The average molecular weight is 485 g/mol. The molecule has 0 saturated heterocycles. The molecule has 0 spiro atoms. The van der Waals surface area contributed by atoms with Crippen molar-refractivity contribution >= 4 is 62.3 Å². The number of anilines is 1. The Morgan fingerprint density at radius 2 is 2.00 bits per heavy atom. The maximum Gasteiger partial charge on any atom is 0.282 e. The third kappa shape index (κ3) is 5.62. The molecule has 2 aromatic carbocycles. The van der Waals surface area contributed by atoms with Crippen molar-refractivity contribution in [2.75, 3.05) is 39.2 Å². The van der Waals surface area contributed by atoms with Crippen molar-refractivity contribution in [3.8, 4) is 5.75 Å². The fraction of sp³-hybridized carbons (Fsp3) is 0.300. The molecule has 3 aromatic rings. The van der Waals surface area contributed by atoms with E-state index in [4.69, 9.17) is 16.3 Å². The smallest absolute Gasteiger partial charge is 0.282 e. The molecule has 0 aliphatic rings. The summed E-state index contributed by atoms with van der Waals surface area (Å²) in [5.74, 6) is 0.0883. The van der Waals surface area contributed by atoms with E-state index >= 15 is 0 Å². The van der Waals surface area contributed by atoms with Crippen LogP contribution in [0.15, 0.2) is 36.4 Å². The highest BCUT2D eigenvalue weighted by Gasteiger charge is 2.28. The zero-order chi connectivity index (χ0) is 21.8. The summed E-state index contributed by atoms with van der Waals surface area (Å²) >= 11 is 7.37. The molecule has 0 atom stereocenters. The highest BCUT2D eigenvalue weighted by Crippen LogP contribution is 2.35. The molecule has 0 bridgehead atoms. The van der Waals surface area contributed by atoms with Gasteiger partial charge in [0.05, 0.1) is 16.7 Å². The van der Waals surface area contributed by atoms with Crippen molar-refractivity contribution in [1.82, 2.24) is 9.88 Å². The molecule has 166 valence electrons. The SMILES string of the molecule is COc1cccc2sc(N(CCCN(C)C)C(=O)c3cc(Cl)ccc3[N+](=O)[O-])nc12.Cl. The molecule has 31 heavy (non-hydrogen) atoms. The minimum Gasteiger partial charge on any atom is -0.494 e. The van der Waals surface area contributed by atoms with E-state index in [2.05, 4.69) is 4.98 Å². The van der Waals surface area contributed by atoms with Crippen LogP contribution in [-0.2, 0) is 0 Å². The fourth-order valence-corrected chi connectivity index (χ4v) is 4.18. The summed E-state index contributed by atoms with van der Waals surface area (Å²) in [5, 5.41) is 12.2. The van der Waals surface area contributed by atoms with Crippen LogP contribution in [0.5, 0.6) is 5.75 Å². The lowest BCUT2D eigenvalue weighted by Gasteiger charge is -2.21. The van der Waals surface area contributed by atoms with E-state index in [0.717, 1.165) is 11.2 Å². The van der Waals surface area contributed by atoms with Gasteiger partial charge >= 0.3 is 0 Å². The maximum atomic E-state index is 13.4. The molecular weight excluding hydrogens is 463 g/mol. The number of halogens is 2. The molecule has 0 radical (unpaired) electrons. The number of nitro groups is 1. The number of fused-ring (bicyclic) bond motifs is 1. The van der Waals surface area contributed by atoms with E-state index in [0.29, 0.717) is 29.4 Å². The molecule has 0 N–H and O–H groups in total. The highest BCUT2D eigenvalue weighted by molar-refractivity contribution is 7.22. The van der Waals surface area contributed by atoms with Crippen molar-refractivity contribution in [3.63, 3.8) is 0 Å². The number of aromatic nitrogens is 1. The second kappa shape index (κ2) is 10.7. The molecular formula is C20H22Cl2N4O4S. The number of thiazole rings is 1. The highest BCUT2D eigenvalue weighted by atomic mass is 35.5. The summed E-state index contributed by atoms with van der Waals surface area (Å²) in [6, 6.07) is 9.51. The van der Waals surface area contributed by atoms with E-state index in [1.54, 1.807) is 13.2 Å². The largest absolute Gasteiger partial charge is 0.494 e. The Hall–Kier alpha value is -2.46. The second-order valence-electron chi connectivity index (χ2n) is 6.84. The van der Waals surface area contributed by atoms with Crippen molar-refractivity contribution in [2.45, 2.75) is 6.42 Å². The van der Waals surface area contributed by atoms with Crippen LogP contribution in [0.1, 0.15) is 16.8 Å². The number of nitro benzene ring substituents is 1. The number of carbonyl (C=O) groups is 1. The molecule has 1 heterocycles. The summed E-state index contributed by atoms with van der Waals surface area (Å²) in [6.45, 7) is 1.10. The van der Waals surface area contributed by atoms with E-state index in [9.17, 15) is 14.9 Å². The van der Waals surface area contributed by atoms with Gasteiger partial charge < -0.3 is 9.64 Å². The van der Waals surface area contributed by atoms with Crippen LogP contribution in [0.25, 0.3) is 10.2 Å². The van der Waals surface area contributed by atoms with Crippen LogP contribution in [0.2, 0.25) is 5.02 Å². The van der Waals surface area contributed by atoms with Crippen molar-refractivity contribution < 1.29 is 14.5 Å². The van der Waals surface area contributed by atoms with Gasteiger partial charge in [-0.3, -0.25) is 19.8 Å². The molecule has 0 aliphatic heterocycles. The van der Waals surface area contributed by atoms with E-state index in [-0.39, 0.29) is 28.7 Å². The van der Waals surface area contributed by atoms with Gasteiger partial charge in [-0.05, 0) is 51.3 Å². The van der Waals surface area contributed by atoms with Crippen molar-refractivity contribution in [1.29, 1.82) is 0 Å². The molecule has 0 saturated carbocycles. The van der Waals surface area contributed by atoms with Crippen LogP contribution in [0.3, 0.4) is 0 Å². The number of para-hydroxylation sites is 1. The van der Waals surface area contributed by atoms with Crippen LogP contribution in [0, 0.1) is 10.1 Å². The van der Waals surface area contributed by atoms with E-state index in [1.165, 1.54) is 34.4 Å². The molecule has 8 nitrogen and oxygen atoms in total. The number of benzene rings is 2. The number of ether oxygens (including phenoxy) is 1. The number of nitrogens with zero attached hydrogens (tertiary/aromatic N) is 4. The molecule has 1 amide bonds. The first-order valence-electron chi connectivity index (χ1n) is 9.16. The monoisotopic (exact) mass is 484 g/mol. The van der Waals surface area contributed by atoms with Gasteiger partial charge in [0.1, 0.15) is 16.8 Å². The first kappa shape index (κ1) is 24.8. The van der Waals surface area contributed by atoms with Gasteiger partial charge in [-0.1, -0.05) is 29.0 Å². The Bertz CT molecular complexity index is 1090. The first-order valence-corrected chi connectivity index (χ1v) is 10.4. The number of methoxy groups -OCH3 is 1. The Morgan fingerprint density at radius 1 is 1.26 bits per heavy atom. The molecule has 0 unspecified atom stereocenters. The van der Waals surface area contributed by atoms with Gasteiger partial charge in [0.2, 0.25) is 0 Å². The van der Waals surface area contributed by atoms with Crippen molar-refractivity contribution in [2.24, 2.45) is 0 Å². The van der Waals surface area contributed by atoms with Gasteiger partial charge in [0.15, 0.2) is 5.13 Å². The predicted octanol–water partition coefficient (Wildman–Crippen LogP) is 4.89. The molecule has 1 aromatic heterocycles. The average Bonchev–Trinajstić information content (AvgIpc) is 3.14. The third-order valence-corrected chi connectivity index (χ3v) is 5.72. The van der Waals surface area contributed by atoms with E-state index in [1.807, 2.05) is 31.1 Å². The quantitative estimate of drug-likeness (QED) is 0.334. The molecule has 0 fully saturated rings. The third-order valence-electron chi connectivity index (χ3n) is 4.44. The van der Waals surface area contributed by atoms with Gasteiger partial charge in [-0.25, -0.2) is 4.98 Å². The minimum atomic E-state index is -0.580. The topological polar surface area (TPSA) is 88.8 Å². The van der Waals surface area contributed by atoms with Gasteiger partial charge in [0.25, 0.3) is 11.6 Å². The molecule has 0 aliphatic carbocycles. The number of hydrogen-bond acceptors (Lipinski definition) is 7. The lowest BCUT2D eigenvalue weighted by Crippen LogP contribution is -2.33. The predicted molar refractivity (Wildman–Crippen MR) is 126 cm³/mol. The van der Waals surface area contributed by atoms with Crippen LogP contribution < -0.4 is 9.64 Å². The van der Waals surface area contributed by atoms with Gasteiger partial charge in [0, 0.05) is 17.6 Å². The summed E-state index contributed by atoms with van der Waals surface area (Å²) in [5.41, 5.74) is 0.287. The minimum absolute atomic E-state index is 0. The van der Waals surface area contributed by atoms with Crippen LogP contribution in [0.4, 0.5) is 10.8 Å². The van der Waals surface area contributed by atoms with Gasteiger partial charge in [-0.15, -0.1) is 12.4 Å². The summed E-state index contributed by atoms with van der Waals surface area (Å²) in [6.07, 6.45) is 0.667. The Kier molecular flexibility index (Phi) is 8.58. The first-order chi connectivity index (χ1) is 14.3. The number of hydrogen-bond donors (Lipinski definition) is 0. The van der Waals surface area contributed by atoms with Crippen LogP contribution in [-0.4, -0.2) is 55.0 Å². The lowest BCUT2D eigenvalue weighted by molar-refractivity contribution is -0.385. The molecule has 11 heteroatoms. The standard InChI is InChI=1S/C20H21ClN4O4S.ClH/c1-23(2)10-5-11-24(19(26)14-12-13(21)8-9-15(14)25(27)28)20-22-18-16(29-3)6-4-7-17(18)30-20;/h4,6-9,12H,5,10-11H2,1-3H3;1H. The van der Waals surface area contributed by atoms with Crippen molar-refractivity contribution in [3.05, 3.63) is 57.1 Å². The molecule has 3 rings (SSSR count). The Morgan fingerprint density at radius 3 is 2.65 bits per heavy atom. The fourth-order valence-electron chi connectivity index (χ4n) is 3.01. The number of carbonyl (C=O) groups excluding carboxylic acids is 1. The van der Waals surface area contributed by atoms with E-state index < -0.39 is 10.8 Å². The summed E-state index contributed by atoms with van der Waals surface area (Å²) < 4.78 is 6.23. The Labute approximate surface area is 194 Å². The maximum absolute atomic E-state index is 13.4. The summed E-state index contributed by atoms with van der Waals surface area (Å²) in [4.78, 5) is 32.4. The van der Waals surface area contributed by atoms with Gasteiger partial charge in [-0.2, -0.15) is 0 Å².